The Morgan fingerprint density at radius 1 is 0.951 bits per heavy atom. The second kappa shape index (κ2) is 12.9. The van der Waals surface area contributed by atoms with Crippen molar-refractivity contribution in [3.63, 3.8) is 0 Å². The third-order valence-electron chi connectivity index (χ3n) is 6.88. The summed E-state index contributed by atoms with van der Waals surface area (Å²) in [6.45, 7) is 4.52. The smallest absolute Gasteiger partial charge is 0.492 e. The van der Waals surface area contributed by atoms with Crippen LogP contribution in [-0.2, 0) is 30.7 Å². The quantitative estimate of drug-likeness (QED) is 0.339. The third kappa shape index (κ3) is 6.96. The van der Waals surface area contributed by atoms with Crippen LogP contribution >= 0.6 is 0 Å². The lowest BCUT2D eigenvalue weighted by molar-refractivity contribution is -0.0149. The van der Waals surface area contributed by atoms with Gasteiger partial charge in [0, 0.05) is 31.7 Å². The van der Waals surface area contributed by atoms with Gasteiger partial charge in [0.15, 0.2) is 6.23 Å². The van der Waals surface area contributed by atoms with Crippen LogP contribution in [0, 0.1) is 5.82 Å². The van der Waals surface area contributed by atoms with Gasteiger partial charge in [0.05, 0.1) is 25.2 Å². The first-order chi connectivity index (χ1) is 19.8. The Kier molecular flexibility index (Phi) is 9.03. The maximum absolute atomic E-state index is 13.7. The summed E-state index contributed by atoms with van der Waals surface area (Å²) in [5.41, 5.74) is 1.35. The molecule has 2 aliphatic rings. The van der Waals surface area contributed by atoms with Gasteiger partial charge in [0.25, 0.3) is 0 Å². The first-order valence-electron chi connectivity index (χ1n) is 13.2. The van der Waals surface area contributed by atoms with Crippen molar-refractivity contribution < 1.29 is 41.3 Å². The number of methoxy groups -OCH3 is 1. The highest BCUT2D eigenvalue weighted by Gasteiger charge is 2.39. The van der Waals surface area contributed by atoms with E-state index in [1.54, 1.807) is 12.1 Å². The third-order valence-corrected chi connectivity index (χ3v) is 8.74. The van der Waals surface area contributed by atoms with E-state index < -0.39 is 28.2 Å². The molecule has 2 heterocycles. The van der Waals surface area contributed by atoms with Crippen molar-refractivity contribution in [2.45, 2.75) is 17.5 Å². The fraction of sp³-hybridized carbons (Fsp3) is 0.345. The monoisotopic (exact) mass is 586 g/mol. The lowest BCUT2D eigenvalue weighted by Gasteiger charge is -2.35. The summed E-state index contributed by atoms with van der Waals surface area (Å²) in [5, 5.41) is 0. The standard InChI is InChI=1S/C29H31FN2O8S/c1-36-29(33)40-28-27-11-8-25(38-19-16-31-14-17-37-18-15-31)20-21(27)12-13-32(28)41(34,35)26-9-6-24(7-10-26)39-23-4-2-22(30)3-5-23/h2-11,20,28H,12-19H2,1H3. The number of sulfonamides is 1. The average molecular weight is 587 g/mol. The van der Waals surface area contributed by atoms with Crippen LogP contribution in [0.2, 0.25) is 0 Å². The molecule has 0 spiro atoms. The number of carbonyl (C=O) groups excluding carboxylic acids is 1. The van der Waals surface area contributed by atoms with Gasteiger partial charge in [-0.1, -0.05) is 0 Å². The normalized spacial score (nSPS) is 17.9. The van der Waals surface area contributed by atoms with Gasteiger partial charge in [0.2, 0.25) is 10.0 Å². The summed E-state index contributed by atoms with van der Waals surface area (Å²) in [5.74, 6) is 1.05. The zero-order valence-corrected chi connectivity index (χ0v) is 23.3. The predicted molar refractivity (Wildman–Crippen MR) is 146 cm³/mol. The summed E-state index contributed by atoms with van der Waals surface area (Å²) in [4.78, 5) is 14.4. The molecule has 1 unspecified atom stereocenters. The number of halogens is 1. The minimum absolute atomic E-state index is 0.00561. The van der Waals surface area contributed by atoms with Gasteiger partial charge >= 0.3 is 6.16 Å². The molecule has 12 heteroatoms. The molecule has 2 aliphatic heterocycles. The van der Waals surface area contributed by atoms with Crippen molar-refractivity contribution in [3.05, 3.63) is 83.7 Å². The fourth-order valence-corrected chi connectivity index (χ4v) is 6.20. The predicted octanol–water partition coefficient (Wildman–Crippen LogP) is 4.36. The molecule has 218 valence electrons. The van der Waals surface area contributed by atoms with Crippen molar-refractivity contribution in [2.75, 3.05) is 53.1 Å². The molecule has 0 aliphatic carbocycles. The van der Waals surface area contributed by atoms with Gasteiger partial charge in [0.1, 0.15) is 29.7 Å². The highest BCUT2D eigenvalue weighted by Crippen LogP contribution is 2.37. The van der Waals surface area contributed by atoms with E-state index >= 15 is 0 Å². The number of ether oxygens (including phenoxy) is 5. The lowest BCUT2D eigenvalue weighted by atomic mass is 9.99. The fourth-order valence-electron chi connectivity index (χ4n) is 4.71. The van der Waals surface area contributed by atoms with E-state index in [4.69, 9.17) is 18.9 Å². The van der Waals surface area contributed by atoms with Crippen LogP contribution in [-0.4, -0.2) is 76.9 Å². The van der Waals surface area contributed by atoms with Crippen LogP contribution < -0.4 is 9.47 Å². The van der Waals surface area contributed by atoms with E-state index in [9.17, 15) is 17.6 Å². The molecule has 10 nitrogen and oxygen atoms in total. The number of benzene rings is 3. The molecule has 3 aromatic rings. The molecule has 1 saturated heterocycles. The Morgan fingerprint density at radius 2 is 1.61 bits per heavy atom. The molecular weight excluding hydrogens is 555 g/mol. The van der Waals surface area contributed by atoms with Crippen molar-refractivity contribution in [1.29, 1.82) is 0 Å². The molecule has 0 aromatic heterocycles. The van der Waals surface area contributed by atoms with E-state index in [1.165, 1.54) is 48.5 Å². The zero-order chi connectivity index (χ0) is 28.8. The second-order valence-electron chi connectivity index (χ2n) is 9.48. The topological polar surface area (TPSA) is 104 Å². The number of carbonyl (C=O) groups is 1. The van der Waals surface area contributed by atoms with Crippen LogP contribution in [0.15, 0.2) is 71.6 Å². The average Bonchev–Trinajstić information content (AvgIpc) is 2.99. The molecule has 0 bridgehead atoms. The van der Waals surface area contributed by atoms with E-state index in [1.807, 2.05) is 6.07 Å². The van der Waals surface area contributed by atoms with Crippen LogP contribution in [0.4, 0.5) is 9.18 Å². The Balaban J connectivity index is 1.32. The highest BCUT2D eigenvalue weighted by molar-refractivity contribution is 7.89. The SMILES string of the molecule is COC(=O)OC1c2ccc(OCCN3CCOCC3)cc2CCN1S(=O)(=O)c1ccc(Oc2ccc(F)cc2)cc1. The van der Waals surface area contributed by atoms with Crippen molar-refractivity contribution in [3.8, 4) is 17.2 Å². The van der Waals surface area contributed by atoms with Crippen molar-refractivity contribution in [2.24, 2.45) is 0 Å². The molecule has 5 rings (SSSR count). The first kappa shape index (κ1) is 28.8. The number of fused-ring (bicyclic) bond motifs is 1. The summed E-state index contributed by atoms with van der Waals surface area (Å²) < 4.78 is 68.9. The molecule has 1 atom stereocenters. The Hall–Kier alpha value is -3.71. The molecule has 3 aromatic carbocycles. The molecule has 0 amide bonds. The van der Waals surface area contributed by atoms with Gasteiger partial charge in [-0.2, -0.15) is 4.31 Å². The molecule has 0 radical (unpaired) electrons. The number of rotatable bonds is 9. The van der Waals surface area contributed by atoms with Crippen LogP contribution in [0.5, 0.6) is 17.2 Å². The Bertz CT molecular complexity index is 1440. The van der Waals surface area contributed by atoms with E-state index in [0.717, 1.165) is 36.6 Å². The molecule has 0 saturated carbocycles. The Labute approximate surface area is 238 Å². The second-order valence-corrected chi connectivity index (χ2v) is 11.4. The molecule has 41 heavy (non-hydrogen) atoms. The van der Waals surface area contributed by atoms with Gasteiger partial charge in [-0.05, 0) is 78.7 Å². The number of hydrogen-bond acceptors (Lipinski definition) is 9. The number of hydrogen-bond donors (Lipinski definition) is 0. The van der Waals surface area contributed by atoms with Gasteiger partial charge < -0.3 is 23.7 Å². The maximum Gasteiger partial charge on any atom is 0.509 e. The van der Waals surface area contributed by atoms with Crippen LogP contribution in [0.1, 0.15) is 17.4 Å². The lowest BCUT2D eigenvalue weighted by Crippen LogP contribution is -2.42. The van der Waals surface area contributed by atoms with E-state index in [0.29, 0.717) is 49.1 Å². The minimum atomic E-state index is -4.09. The first-order valence-corrected chi connectivity index (χ1v) is 14.6. The van der Waals surface area contributed by atoms with Gasteiger partial charge in [-0.3, -0.25) is 4.90 Å². The van der Waals surface area contributed by atoms with Crippen molar-refractivity contribution in [1.82, 2.24) is 9.21 Å². The van der Waals surface area contributed by atoms with Crippen LogP contribution in [0.3, 0.4) is 0 Å². The van der Waals surface area contributed by atoms with E-state index in [2.05, 4.69) is 9.64 Å². The maximum atomic E-state index is 13.7. The van der Waals surface area contributed by atoms with Gasteiger partial charge in [-0.25, -0.2) is 17.6 Å². The Morgan fingerprint density at radius 3 is 2.29 bits per heavy atom. The van der Waals surface area contributed by atoms with Crippen molar-refractivity contribution >= 4 is 16.2 Å². The summed E-state index contributed by atoms with van der Waals surface area (Å²) in [6, 6.07) is 16.6. The molecular formula is C29H31FN2O8S. The van der Waals surface area contributed by atoms with E-state index in [-0.39, 0.29) is 11.4 Å². The zero-order valence-electron chi connectivity index (χ0n) is 22.5. The van der Waals surface area contributed by atoms with Gasteiger partial charge in [-0.15, -0.1) is 0 Å². The molecule has 1 fully saturated rings. The largest absolute Gasteiger partial charge is 0.509 e. The summed E-state index contributed by atoms with van der Waals surface area (Å²) in [7, 11) is -2.93. The summed E-state index contributed by atoms with van der Waals surface area (Å²) >= 11 is 0. The number of morpholine rings is 1. The summed E-state index contributed by atoms with van der Waals surface area (Å²) in [6.07, 6.45) is -1.84. The minimum Gasteiger partial charge on any atom is -0.492 e. The van der Waals surface area contributed by atoms with Crippen LogP contribution in [0.25, 0.3) is 0 Å². The number of nitrogens with zero attached hydrogens (tertiary/aromatic N) is 2. The highest BCUT2D eigenvalue weighted by atomic mass is 32.2. The molecule has 0 N–H and O–H groups in total.